The third kappa shape index (κ3) is 3.10. The first-order valence-corrected chi connectivity index (χ1v) is 6.52. The highest BCUT2D eigenvalue weighted by Gasteiger charge is 2.18. The number of methoxy groups -OCH3 is 1. The van der Waals surface area contributed by atoms with E-state index in [1.165, 1.54) is 0 Å². The fourth-order valence-corrected chi connectivity index (χ4v) is 1.92. The molecular weight excluding hydrogens is 270 g/mol. The molecule has 0 atom stereocenters. The highest BCUT2D eigenvalue weighted by atomic mass is 16.5. The molecule has 0 unspecified atom stereocenters. The first-order valence-electron chi connectivity index (χ1n) is 6.52. The molecule has 1 heterocycles. The SMILES string of the molecule is CCOC(=O)c1c(C)nc(-c2ccc(OC)cc2)nc1N. The van der Waals surface area contributed by atoms with Crippen LogP contribution in [0.1, 0.15) is 23.0 Å². The number of aryl methyl sites for hydroxylation is 1. The maximum Gasteiger partial charge on any atom is 0.343 e. The summed E-state index contributed by atoms with van der Waals surface area (Å²) < 4.78 is 10.1. The summed E-state index contributed by atoms with van der Waals surface area (Å²) in [5, 5.41) is 0. The second-order valence-electron chi connectivity index (χ2n) is 4.34. The Balaban J connectivity index is 2.41. The highest BCUT2D eigenvalue weighted by Crippen LogP contribution is 2.23. The van der Waals surface area contributed by atoms with Crippen LogP contribution >= 0.6 is 0 Å². The molecule has 6 nitrogen and oxygen atoms in total. The van der Waals surface area contributed by atoms with Crippen molar-refractivity contribution >= 4 is 11.8 Å². The lowest BCUT2D eigenvalue weighted by molar-refractivity contribution is 0.0526. The number of carbonyl (C=O) groups excluding carboxylic acids is 1. The van der Waals surface area contributed by atoms with Gasteiger partial charge in [0.1, 0.15) is 17.1 Å². The van der Waals surface area contributed by atoms with Crippen LogP contribution in [0, 0.1) is 6.92 Å². The van der Waals surface area contributed by atoms with E-state index in [0.29, 0.717) is 11.5 Å². The molecule has 0 saturated carbocycles. The van der Waals surface area contributed by atoms with Gasteiger partial charge in [-0.25, -0.2) is 14.8 Å². The van der Waals surface area contributed by atoms with Gasteiger partial charge in [0, 0.05) is 5.56 Å². The first kappa shape index (κ1) is 14.8. The lowest BCUT2D eigenvalue weighted by Gasteiger charge is -2.10. The zero-order valence-electron chi connectivity index (χ0n) is 12.2. The van der Waals surface area contributed by atoms with Crippen molar-refractivity contribution in [3.63, 3.8) is 0 Å². The van der Waals surface area contributed by atoms with E-state index >= 15 is 0 Å². The van der Waals surface area contributed by atoms with Gasteiger partial charge in [-0.1, -0.05) is 0 Å². The zero-order chi connectivity index (χ0) is 15.4. The molecular formula is C15H17N3O3. The predicted octanol–water partition coefficient (Wildman–Crippen LogP) is 2.22. The minimum Gasteiger partial charge on any atom is -0.497 e. The fraction of sp³-hybridized carbons (Fsp3) is 0.267. The average molecular weight is 287 g/mol. The zero-order valence-corrected chi connectivity index (χ0v) is 12.2. The molecule has 0 fully saturated rings. The molecule has 2 rings (SSSR count). The molecule has 2 N–H and O–H groups in total. The van der Waals surface area contributed by atoms with Crippen LogP contribution in [-0.4, -0.2) is 29.7 Å². The first-order chi connectivity index (χ1) is 10.1. The van der Waals surface area contributed by atoms with Crippen molar-refractivity contribution < 1.29 is 14.3 Å². The molecule has 0 aliphatic rings. The summed E-state index contributed by atoms with van der Waals surface area (Å²) in [7, 11) is 1.60. The maximum absolute atomic E-state index is 11.8. The summed E-state index contributed by atoms with van der Waals surface area (Å²) in [6.45, 7) is 3.71. The van der Waals surface area contributed by atoms with Crippen molar-refractivity contribution in [2.45, 2.75) is 13.8 Å². The predicted molar refractivity (Wildman–Crippen MR) is 79.1 cm³/mol. The van der Waals surface area contributed by atoms with Crippen molar-refractivity contribution in [3.05, 3.63) is 35.5 Å². The second-order valence-corrected chi connectivity index (χ2v) is 4.34. The third-order valence-corrected chi connectivity index (χ3v) is 2.95. The molecule has 0 spiro atoms. The van der Waals surface area contributed by atoms with Crippen LogP contribution in [-0.2, 0) is 4.74 Å². The summed E-state index contributed by atoms with van der Waals surface area (Å²) in [5.41, 5.74) is 7.37. The Morgan fingerprint density at radius 2 is 1.90 bits per heavy atom. The largest absolute Gasteiger partial charge is 0.497 e. The van der Waals surface area contributed by atoms with Crippen LogP contribution in [0.2, 0.25) is 0 Å². The number of esters is 1. The molecule has 0 bridgehead atoms. The van der Waals surface area contributed by atoms with Crippen molar-refractivity contribution in [2.75, 3.05) is 19.5 Å². The van der Waals surface area contributed by atoms with E-state index in [4.69, 9.17) is 15.2 Å². The maximum atomic E-state index is 11.8. The van der Waals surface area contributed by atoms with Crippen molar-refractivity contribution in [2.24, 2.45) is 0 Å². The molecule has 0 saturated heterocycles. The number of hydrogen-bond acceptors (Lipinski definition) is 6. The molecule has 2 aromatic rings. The third-order valence-electron chi connectivity index (χ3n) is 2.95. The number of hydrogen-bond donors (Lipinski definition) is 1. The number of nitrogens with two attached hydrogens (primary N) is 1. The van der Waals surface area contributed by atoms with E-state index in [0.717, 1.165) is 11.3 Å². The average Bonchev–Trinajstić information content (AvgIpc) is 2.47. The molecule has 1 aromatic carbocycles. The summed E-state index contributed by atoms with van der Waals surface area (Å²) in [6, 6.07) is 7.28. The minimum absolute atomic E-state index is 0.117. The number of ether oxygens (including phenoxy) is 2. The Labute approximate surface area is 122 Å². The van der Waals surface area contributed by atoms with Gasteiger partial charge in [-0.3, -0.25) is 0 Å². The van der Waals surface area contributed by atoms with Gasteiger partial charge in [-0.15, -0.1) is 0 Å². The number of anilines is 1. The lowest BCUT2D eigenvalue weighted by atomic mass is 10.1. The van der Waals surface area contributed by atoms with Gasteiger partial charge in [0.05, 0.1) is 19.4 Å². The van der Waals surface area contributed by atoms with E-state index in [-0.39, 0.29) is 18.0 Å². The van der Waals surface area contributed by atoms with Gasteiger partial charge >= 0.3 is 5.97 Å². The van der Waals surface area contributed by atoms with E-state index in [1.807, 2.05) is 24.3 Å². The molecule has 0 radical (unpaired) electrons. The number of benzene rings is 1. The van der Waals surface area contributed by atoms with Crippen molar-refractivity contribution in [1.82, 2.24) is 9.97 Å². The second kappa shape index (κ2) is 6.21. The Kier molecular flexibility index (Phi) is 4.37. The van der Waals surface area contributed by atoms with Gasteiger partial charge in [0.2, 0.25) is 0 Å². The number of nitrogens with zero attached hydrogens (tertiary/aromatic N) is 2. The van der Waals surface area contributed by atoms with Gasteiger partial charge < -0.3 is 15.2 Å². The van der Waals surface area contributed by atoms with E-state index in [1.54, 1.807) is 21.0 Å². The van der Waals surface area contributed by atoms with Crippen LogP contribution in [0.5, 0.6) is 5.75 Å². The highest BCUT2D eigenvalue weighted by molar-refractivity contribution is 5.95. The monoisotopic (exact) mass is 287 g/mol. The van der Waals surface area contributed by atoms with E-state index in [2.05, 4.69) is 9.97 Å². The van der Waals surface area contributed by atoms with Crippen LogP contribution in [0.25, 0.3) is 11.4 Å². The number of aromatic nitrogens is 2. The normalized spacial score (nSPS) is 10.2. The molecule has 6 heteroatoms. The number of rotatable bonds is 4. The molecule has 0 amide bonds. The molecule has 0 aliphatic heterocycles. The molecule has 21 heavy (non-hydrogen) atoms. The summed E-state index contributed by atoms with van der Waals surface area (Å²) in [4.78, 5) is 20.3. The molecule has 1 aromatic heterocycles. The molecule has 0 aliphatic carbocycles. The van der Waals surface area contributed by atoms with E-state index < -0.39 is 5.97 Å². The number of carbonyl (C=O) groups is 1. The lowest BCUT2D eigenvalue weighted by Crippen LogP contribution is -2.13. The Morgan fingerprint density at radius 3 is 2.43 bits per heavy atom. The molecule has 110 valence electrons. The van der Waals surface area contributed by atoms with Crippen molar-refractivity contribution in [3.8, 4) is 17.1 Å². The topological polar surface area (TPSA) is 87.3 Å². The summed E-state index contributed by atoms with van der Waals surface area (Å²) >= 11 is 0. The van der Waals surface area contributed by atoms with Crippen LogP contribution in [0.4, 0.5) is 5.82 Å². The van der Waals surface area contributed by atoms with E-state index in [9.17, 15) is 4.79 Å². The van der Waals surface area contributed by atoms with Crippen molar-refractivity contribution in [1.29, 1.82) is 0 Å². The Hall–Kier alpha value is -2.63. The Bertz CT molecular complexity index is 631. The Morgan fingerprint density at radius 1 is 1.24 bits per heavy atom. The number of nitrogen functional groups attached to an aromatic ring is 1. The van der Waals surface area contributed by atoms with Gasteiger partial charge in [-0.2, -0.15) is 0 Å². The quantitative estimate of drug-likeness (QED) is 0.867. The van der Waals surface area contributed by atoms with Crippen LogP contribution in [0.3, 0.4) is 0 Å². The van der Waals surface area contributed by atoms with Gasteiger partial charge in [-0.05, 0) is 38.1 Å². The van der Waals surface area contributed by atoms with Gasteiger partial charge in [0.25, 0.3) is 0 Å². The fourth-order valence-electron chi connectivity index (χ4n) is 1.92. The van der Waals surface area contributed by atoms with Crippen LogP contribution < -0.4 is 10.5 Å². The standard InChI is InChI=1S/C15H17N3O3/c1-4-21-15(19)12-9(2)17-14(18-13(12)16)10-5-7-11(20-3)8-6-10/h5-8H,4H2,1-3H3,(H2,16,17,18). The summed E-state index contributed by atoms with van der Waals surface area (Å²) in [5.74, 6) is 0.813. The van der Waals surface area contributed by atoms with Gasteiger partial charge in [0.15, 0.2) is 5.82 Å². The van der Waals surface area contributed by atoms with Crippen LogP contribution in [0.15, 0.2) is 24.3 Å². The minimum atomic E-state index is -0.506. The summed E-state index contributed by atoms with van der Waals surface area (Å²) in [6.07, 6.45) is 0. The smallest absolute Gasteiger partial charge is 0.343 e.